The molecular formula is C16H22N2O2S. The SMILES string of the molecule is CCC(CC)(C(=O)NC1CCOc2ccccc21)C(N)=S. The topological polar surface area (TPSA) is 64.3 Å². The average molecular weight is 306 g/mol. The number of carbonyl (C=O) groups is 1. The van der Waals surface area contributed by atoms with E-state index in [1.54, 1.807) is 0 Å². The van der Waals surface area contributed by atoms with Crippen LogP contribution in [0.3, 0.4) is 0 Å². The standard InChI is InChI=1S/C16H22N2O2S/c1-3-16(4-2,14(17)21)15(19)18-12-9-10-20-13-8-6-5-7-11(12)13/h5-8,12H,3-4,9-10H2,1-2H3,(H2,17,21)(H,18,19). The second-order valence-electron chi connectivity index (χ2n) is 5.35. The van der Waals surface area contributed by atoms with Crippen molar-refractivity contribution >= 4 is 23.1 Å². The predicted molar refractivity (Wildman–Crippen MR) is 87.2 cm³/mol. The number of amides is 1. The Balaban J connectivity index is 2.22. The Morgan fingerprint density at radius 3 is 2.71 bits per heavy atom. The minimum Gasteiger partial charge on any atom is -0.493 e. The average Bonchev–Trinajstić information content (AvgIpc) is 2.49. The molecule has 0 saturated heterocycles. The van der Waals surface area contributed by atoms with Gasteiger partial charge in [0.1, 0.15) is 5.75 Å². The van der Waals surface area contributed by atoms with E-state index in [1.165, 1.54) is 0 Å². The first-order valence-corrected chi connectivity index (χ1v) is 7.78. The van der Waals surface area contributed by atoms with Crippen LogP contribution in [0.15, 0.2) is 24.3 Å². The van der Waals surface area contributed by atoms with Crippen molar-refractivity contribution in [2.24, 2.45) is 11.1 Å². The van der Waals surface area contributed by atoms with Crippen molar-refractivity contribution in [3.8, 4) is 5.75 Å². The lowest BCUT2D eigenvalue weighted by Crippen LogP contribution is -2.49. The van der Waals surface area contributed by atoms with Crippen LogP contribution in [0.1, 0.15) is 44.7 Å². The monoisotopic (exact) mass is 306 g/mol. The van der Waals surface area contributed by atoms with Crippen LogP contribution in [0.25, 0.3) is 0 Å². The second-order valence-corrected chi connectivity index (χ2v) is 5.79. The third-order valence-electron chi connectivity index (χ3n) is 4.38. The summed E-state index contributed by atoms with van der Waals surface area (Å²) in [7, 11) is 0. The zero-order valence-corrected chi connectivity index (χ0v) is 13.3. The fourth-order valence-corrected chi connectivity index (χ4v) is 3.20. The summed E-state index contributed by atoms with van der Waals surface area (Å²) in [5, 5.41) is 3.11. The number of nitrogens with one attached hydrogen (secondary N) is 1. The highest BCUT2D eigenvalue weighted by atomic mass is 32.1. The van der Waals surface area contributed by atoms with Gasteiger partial charge in [-0.15, -0.1) is 0 Å². The van der Waals surface area contributed by atoms with Crippen molar-refractivity contribution in [1.82, 2.24) is 5.32 Å². The summed E-state index contributed by atoms with van der Waals surface area (Å²) >= 11 is 5.14. The lowest BCUT2D eigenvalue weighted by Gasteiger charge is -2.33. The number of carbonyl (C=O) groups excluding carboxylic acids is 1. The van der Waals surface area contributed by atoms with Crippen LogP contribution < -0.4 is 15.8 Å². The van der Waals surface area contributed by atoms with Crippen LogP contribution in [-0.2, 0) is 4.79 Å². The van der Waals surface area contributed by atoms with Crippen molar-refractivity contribution in [3.05, 3.63) is 29.8 Å². The van der Waals surface area contributed by atoms with E-state index in [0.29, 0.717) is 19.4 Å². The van der Waals surface area contributed by atoms with Crippen molar-refractivity contribution < 1.29 is 9.53 Å². The fourth-order valence-electron chi connectivity index (χ4n) is 2.82. The van der Waals surface area contributed by atoms with Gasteiger partial charge in [0.05, 0.1) is 23.1 Å². The van der Waals surface area contributed by atoms with Gasteiger partial charge in [0.15, 0.2) is 0 Å². The number of thiocarbonyl (C=S) groups is 1. The highest BCUT2D eigenvalue weighted by Crippen LogP contribution is 2.34. The van der Waals surface area contributed by atoms with Gasteiger partial charge in [-0.05, 0) is 18.9 Å². The summed E-state index contributed by atoms with van der Waals surface area (Å²) in [6, 6.07) is 7.75. The zero-order chi connectivity index (χ0) is 15.5. The molecule has 4 nitrogen and oxygen atoms in total. The number of ether oxygens (including phenoxy) is 1. The molecule has 1 amide bonds. The van der Waals surface area contributed by atoms with Crippen LogP contribution in [0.2, 0.25) is 0 Å². The molecule has 0 fully saturated rings. The van der Waals surface area contributed by atoms with E-state index >= 15 is 0 Å². The molecule has 0 spiro atoms. The van der Waals surface area contributed by atoms with E-state index in [4.69, 9.17) is 22.7 Å². The van der Waals surface area contributed by atoms with E-state index in [2.05, 4.69) is 5.32 Å². The highest BCUT2D eigenvalue weighted by molar-refractivity contribution is 7.80. The number of benzene rings is 1. The maximum atomic E-state index is 12.7. The summed E-state index contributed by atoms with van der Waals surface area (Å²) < 4.78 is 5.62. The molecule has 21 heavy (non-hydrogen) atoms. The van der Waals surface area contributed by atoms with Gasteiger partial charge in [0.25, 0.3) is 0 Å². The molecule has 1 aromatic rings. The molecule has 3 N–H and O–H groups in total. The van der Waals surface area contributed by atoms with Gasteiger partial charge in [-0.1, -0.05) is 44.3 Å². The van der Waals surface area contributed by atoms with Crippen LogP contribution >= 0.6 is 12.2 Å². The molecule has 0 saturated carbocycles. The number of para-hydroxylation sites is 1. The molecule has 1 atom stereocenters. The van der Waals surface area contributed by atoms with Gasteiger partial charge >= 0.3 is 0 Å². The maximum absolute atomic E-state index is 12.7. The van der Waals surface area contributed by atoms with Crippen LogP contribution in [-0.4, -0.2) is 17.5 Å². The summed E-state index contributed by atoms with van der Waals surface area (Å²) in [5.41, 5.74) is 6.09. The van der Waals surface area contributed by atoms with E-state index in [9.17, 15) is 4.79 Å². The number of nitrogens with two attached hydrogens (primary N) is 1. The van der Waals surface area contributed by atoms with E-state index < -0.39 is 5.41 Å². The molecule has 1 aliphatic heterocycles. The van der Waals surface area contributed by atoms with Gasteiger partial charge < -0.3 is 15.8 Å². The normalized spacial score (nSPS) is 17.5. The number of fused-ring (bicyclic) bond motifs is 1. The van der Waals surface area contributed by atoms with Crippen molar-refractivity contribution in [3.63, 3.8) is 0 Å². The summed E-state index contributed by atoms with van der Waals surface area (Å²) in [4.78, 5) is 13.0. The van der Waals surface area contributed by atoms with Crippen LogP contribution in [0, 0.1) is 5.41 Å². The van der Waals surface area contributed by atoms with Gasteiger partial charge in [0.2, 0.25) is 5.91 Å². The maximum Gasteiger partial charge on any atom is 0.233 e. The molecule has 1 aliphatic rings. The molecule has 1 aromatic carbocycles. The molecule has 0 bridgehead atoms. The summed E-state index contributed by atoms with van der Waals surface area (Å²) in [6.07, 6.45) is 1.97. The minimum absolute atomic E-state index is 0.0470. The van der Waals surface area contributed by atoms with Crippen LogP contribution in [0.4, 0.5) is 0 Å². The largest absolute Gasteiger partial charge is 0.493 e. The first-order chi connectivity index (χ1) is 10.0. The third kappa shape index (κ3) is 2.88. The molecular weight excluding hydrogens is 284 g/mol. The number of hydrogen-bond donors (Lipinski definition) is 2. The van der Waals surface area contributed by atoms with E-state index in [0.717, 1.165) is 17.7 Å². The fraction of sp³-hybridized carbons (Fsp3) is 0.500. The molecule has 2 rings (SSSR count). The molecule has 0 radical (unpaired) electrons. The van der Waals surface area contributed by atoms with Crippen molar-refractivity contribution in [2.45, 2.75) is 39.2 Å². The Hall–Kier alpha value is -1.62. The Labute approximate surface area is 131 Å². The molecule has 0 aliphatic carbocycles. The van der Waals surface area contributed by atoms with Crippen molar-refractivity contribution in [1.29, 1.82) is 0 Å². The quantitative estimate of drug-likeness (QED) is 0.821. The third-order valence-corrected chi connectivity index (χ3v) is 4.77. The smallest absolute Gasteiger partial charge is 0.233 e. The molecule has 5 heteroatoms. The molecule has 1 unspecified atom stereocenters. The van der Waals surface area contributed by atoms with E-state index in [1.807, 2.05) is 38.1 Å². The Bertz CT molecular complexity index is 541. The Morgan fingerprint density at radius 2 is 2.10 bits per heavy atom. The van der Waals surface area contributed by atoms with Gasteiger partial charge in [0, 0.05) is 12.0 Å². The lowest BCUT2D eigenvalue weighted by atomic mass is 9.80. The van der Waals surface area contributed by atoms with Gasteiger partial charge in [-0.25, -0.2) is 0 Å². The Morgan fingerprint density at radius 1 is 1.43 bits per heavy atom. The second kappa shape index (κ2) is 6.43. The minimum atomic E-state index is -0.761. The first kappa shape index (κ1) is 15.8. The molecule has 1 heterocycles. The van der Waals surface area contributed by atoms with E-state index in [-0.39, 0.29) is 16.9 Å². The number of rotatable bonds is 5. The van der Waals surface area contributed by atoms with Gasteiger partial charge in [-0.3, -0.25) is 4.79 Å². The lowest BCUT2D eigenvalue weighted by molar-refractivity contribution is -0.128. The zero-order valence-electron chi connectivity index (χ0n) is 12.5. The Kier molecular flexibility index (Phi) is 4.83. The summed E-state index contributed by atoms with van der Waals surface area (Å²) in [6.45, 7) is 4.49. The van der Waals surface area contributed by atoms with Crippen LogP contribution in [0.5, 0.6) is 5.75 Å². The predicted octanol–water partition coefficient (Wildman–Crippen LogP) is 2.72. The highest BCUT2D eigenvalue weighted by Gasteiger charge is 2.39. The van der Waals surface area contributed by atoms with Crippen molar-refractivity contribution in [2.75, 3.05) is 6.61 Å². The molecule has 0 aromatic heterocycles. The summed E-state index contributed by atoms with van der Waals surface area (Å²) in [5.74, 6) is 0.754. The molecule has 114 valence electrons. The first-order valence-electron chi connectivity index (χ1n) is 7.37. The number of hydrogen-bond acceptors (Lipinski definition) is 3. The van der Waals surface area contributed by atoms with Gasteiger partial charge in [-0.2, -0.15) is 0 Å².